The lowest BCUT2D eigenvalue weighted by atomic mass is 9.90. The fourth-order valence-electron chi connectivity index (χ4n) is 3.37. The predicted molar refractivity (Wildman–Crippen MR) is 106 cm³/mol. The van der Waals surface area contributed by atoms with E-state index in [1.807, 2.05) is 13.0 Å². The van der Waals surface area contributed by atoms with Crippen LogP contribution in [0.4, 0.5) is 8.78 Å². The van der Waals surface area contributed by atoms with E-state index in [1.165, 1.54) is 17.7 Å². The summed E-state index contributed by atoms with van der Waals surface area (Å²) >= 11 is 1.26. The molecule has 0 aliphatic carbocycles. The quantitative estimate of drug-likeness (QED) is 0.762. The molecule has 0 saturated carbocycles. The van der Waals surface area contributed by atoms with E-state index in [-0.39, 0.29) is 29.3 Å². The zero-order chi connectivity index (χ0) is 21.2. The number of halogens is 2. The number of piperidine rings is 1. The summed E-state index contributed by atoms with van der Waals surface area (Å²) in [4.78, 5) is 19.6. The number of carbonyl (C=O) groups excluding carboxylic acids is 1. The van der Waals surface area contributed by atoms with Crippen molar-refractivity contribution in [2.75, 3.05) is 13.2 Å². The molecule has 2 aromatic rings. The summed E-state index contributed by atoms with van der Waals surface area (Å²) in [5, 5.41) is 10.2. The van der Waals surface area contributed by atoms with Crippen LogP contribution in [-0.2, 0) is 5.60 Å². The van der Waals surface area contributed by atoms with Gasteiger partial charge in [0.25, 0.3) is 12.3 Å². The Kier molecular flexibility index (Phi) is 6.48. The normalized spacial score (nSPS) is 20.2. The molecule has 0 spiro atoms. The Labute approximate surface area is 172 Å². The second-order valence-corrected chi connectivity index (χ2v) is 8.62. The topological polar surface area (TPSA) is 75.6 Å². The first kappa shape index (κ1) is 21.6. The van der Waals surface area contributed by atoms with Gasteiger partial charge in [-0.1, -0.05) is 0 Å². The maximum atomic E-state index is 13.2. The average Bonchev–Trinajstić information content (AvgIpc) is 3.17. The molecule has 1 saturated heterocycles. The standard InChI is InChI=1S/C20H25F2N3O3S/c1-12-6-7-13(15-9-16(29-24-15)20(2,3)27)10-25(12)19(26)14-5-4-8-23-18(14)28-11-17(21)22/h4-5,8-9,12-13,17,27H,6-7,10-11H2,1-3H3/t12-,13-/m1/s1. The Bertz CT molecular complexity index is 853. The van der Waals surface area contributed by atoms with Crippen LogP contribution in [0.5, 0.6) is 5.88 Å². The van der Waals surface area contributed by atoms with Crippen molar-refractivity contribution in [1.29, 1.82) is 0 Å². The van der Waals surface area contributed by atoms with Gasteiger partial charge in [0.05, 0.1) is 16.2 Å². The van der Waals surface area contributed by atoms with Crippen molar-refractivity contribution in [3.05, 3.63) is 40.5 Å². The third-order valence-electron chi connectivity index (χ3n) is 5.04. The van der Waals surface area contributed by atoms with Crippen LogP contribution < -0.4 is 4.74 Å². The van der Waals surface area contributed by atoms with Crippen LogP contribution in [0.3, 0.4) is 0 Å². The number of hydrogen-bond donors (Lipinski definition) is 1. The molecule has 29 heavy (non-hydrogen) atoms. The minimum absolute atomic E-state index is 0.00528. The lowest BCUT2D eigenvalue weighted by Crippen LogP contribution is -2.45. The van der Waals surface area contributed by atoms with Crippen molar-refractivity contribution in [2.24, 2.45) is 0 Å². The van der Waals surface area contributed by atoms with E-state index in [9.17, 15) is 18.7 Å². The van der Waals surface area contributed by atoms with Gasteiger partial charge in [0.2, 0.25) is 5.88 Å². The molecule has 1 N–H and O–H groups in total. The Hall–Kier alpha value is -2.13. The summed E-state index contributed by atoms with van der Waals surface area (Å²) in [6, 6.07) is 5.02. The third-order valence-corrected chi connectivity index (χ3v) is 6.16. The highest BCUT2D eigenvalue weighted by atomic mass is 32.1. The Morgan fingerprint density at radius 2 is 2.21 bits per heavy atom. The molecule has 1 aliphatic heterocycles. The Balaban J connectivity index is 1.79. The van der Waals surface area contributed by atoms with Gasteiger partial charge in [-0.2, -0.15) is 4.37 Å². The number of rotatable bonds is 6. The number of alkyl halides is 2. The number of nitrogens with zero attached hydrogens (tertiary/aromatic N) is 3. The van der Waals surface area contributed by atoms with Gasteiger partial charge >= 0.3 is 0 Å². The molecule has 1 fully saturated rings. The number of ether oxygens (including phenoxy) is 1. The van der Waals surface area contributed by atoms with E-state index in [0.29, 0.717) is 6.54 Å². The van der Waals surface area contributed by atoms with Crippen molar-refractivity contribution in [1.82, 2.24) is 14.3 Å². The van der Waals surface area contributed by atoms with E-state index in [1.54, 1.807) is 30.9 Å². The van der Waals surface area contributed by atoms with Crippen molar-refractivity contribution in [2.45, 2.75) is 57.6 Å². The molecule has 1 aliphatic rings. The molecule has 3 rings (SSSR count). The van der Waals surface area contributed by atoms with Crippen LogP contribution in [0.2, 0.25) is 0 Å². The van der Waals surface area contributed by atoms with E-state index in [0.717, 1.165) is 23.4 Å². The van der Waals surface area contributed by atoms with Crippen LogP contribution in [-0.4, -0.2) is 50.9 Å². The van der Waals surface area contributed by atoms with Gasteiger partial charge < -0.3 is 14.7 Å². The molecule has 0 unspecified atom stereocenters. The lowest BCUT2D eigenvalue weighted by Gasteiger charge is -2.37. The molecule has 2 aromatic heterocycles. The minimum Gasteiger partial charge on any atom is -0.471 e. The van der Waals surface area contributed by atoms with E-state index in [4.69, 9.17) is 4.74 Å². The molecule has 0 bridgehead atoms. The van der Waals surface area contributed by atoms with Crippen LogP contribution in [0.1, 0.15) is 60.5 Å². The number of pyridine rings is 1. The summed E-state index contributed by atoms with van der Waals surface area (Å²) in [7, 11) is 0. The number of aromatic nitrogens is 2. The van der Waals surface area contributed by atoms with E-state index >= 15 is 0 Å². The molecule has 1 amide bonds. The molecule has 6 nitrogen and oxygen atoms in total. The molecular formula is C20H25F2N3O3S. The van der Waals surface area contributed by atoms with Crippen molar-refractivity contribution in [3.8, 4) is 5.88 Å². The number of hydrogen-bond acceptors (Lipinski definition) is 6. The average molecular weight is 426 g/mol. The Morgan fingerprint density at radius 3 is 2.86 bits per heavy atom. The van der Waals surface area contributed by atoms with E-state index < -0.39 is 18.6 Å². The summed E-state index contributed by atoms with van der Waals surface area (Å²) in [5.41, 5.74) is 0.0772. The van der Waals surface area contributed by atoms with Gasteiger partial charge in [-0.25, -0.2) is 13.8 Å². The predicted octanol–water partition coefficient (Wildman–Crippen LogP) is 3.82. The number of likely N-dealkylation sites (tertiary alicyclic amines) is 1. The largest absolute Gasteiger partial charge is 0.471 e. The molecule has 158 valence electrons. The van der Waals surface area contributed by atoms with Gasteiger partial charge in [0.1, 0.15) is 5.56 Å². The van der Waals surface area contributed by atoms with Gasteiger partial charge in [-0.05, 0) is 63.3 Å². The molecule has 2 atom stereocenters. The summed E-state index contributed by atoms with van der Waals surface area (Å²) < 4.78 is 34.6. The van der Waals surface area contributed by atoms with Gasteiger partial charge in [-0.15, -0.1) is 0 Å². The maximum absolute atomic E-state index is 13.2. The van der Waals surface area contributed by atoms with Crippen LogP contribution in [0, 0.1) is 0 Å². The number of aliphatic hydroxyl groups is 1. The first-order valence-electron chi connectivity index (χ1n) is 9.53. The first-order chi connectivity index (χ1) is 13.7. The zero-order valence-electron chi connectivity index (χ0n) is 16.6. The fraction of sp³-hybridized carbons (Fsp3) is 0.550. The molecule has 0 radical (unpaired) electrons. The highest BCUT2D eigenvalue weighted by Gasteiger charge is 2.33. The van der Waals surface area contributed by atoms with Crippen molar-refractivity contribution in [3.63, 3.8) is 0 Å². The fourth-order valence-corrected chi connectivity index (χ4v) is 4.17. The first-order valence-corrected chi connectivity index (χ1v) is 10.3. The van der Waals surface area contributed by atoms with Crippen molar-refractivity contribution >= 4 is 17.4 Å². The molecule has 9 heteroatoms. The summed E-state index contributed by atoms with van der Waals surface area (Å²) in [6.07, 6.45) is 0.432. The zero-order valence-corrected chi connectivity index (χ0v) is 17.5. The summed E-state index contributed by atoms with van der Waals surface area (Å²) in [6.45, 7) is 5.04. The maximum Gasteiger partial charge on any atom is 0.272 e. The lowest BCUT2D eigenvalue weighted by molar-refractivity contribution is 0.0582. The van der Waals surface area contributed by atoms with Crippen molar-refractivity contribution < 1.29 is 23.4 Å². The number of amides is 1. The summed E-state index contributed by atoms with van der Waals surface area (Å²) in [5.74, 6) is -0.327. The van der Waals surface area contributed by atoms with Gasteiger partial charge in [0, 0.05) is 24.7 Å². The number of carbonyl (C=O) groups is 1. The van der Waals surface area contributed by atoms with E-state index in [2.05, 4.69) is 9.36 Å². The molecule has 3 heterocycles. The van der Waals surface area contributed by atoms with Crippen LogP contribution in [0.25, 0.3) is 0 Å². The van der Waals surface area contributed by atoms with Crippen LogP contribution >= 0.6 is 11.5 Å². The van der Waals surface area contributed by atoms with Gasteiger partial charge in [-0.3, -0.25) is 4.79 Å². The van der Waals surface area contributed by atoms with Crippen LogP contribution in [0.15, 0.2) is 24.4 Å². The third kappa shape index (κ3) is 5.08. The van der Waals surface area contributed by atoms with Gasteiger partial charge in [0.15, 0.2) is 6.61 Å². The molecule has 0 aromatic carbocycles. The minimum atomic E-state index is -2.65. The Morgan fingerprint density at radius 1 is 1.45 bits per heavy atom. The SMILES string of the molecule is C[C@@H]1CC[C@@H](c2cc(C(C)(C)O)sn2)CN1C(=O)c1cccnc1OCC(F)F. The monoisotopic (exact) mass is 425 g/mol. The smallest absolute Gasteiger partial charge is 0.272 e. The highest BCUT2D eigenvalue weighted by Crippen LogP contribution is 2.34. The highest BCUT2D eigenvalue weighted by molar-refractivity contribution is 7.06. The molecular weight excluding hydrogens is 400 g/mol. The second kappa shape index (κ2) is 8.71. The second-order valence-electron chi connectivity index (χ2n) is 7.81.